The number of piperazine rings is 1. The minimum Gasteiger partial charge on any atom is -0.377 e. The van der Waals surface area contributed by atoms with E-state index in [1.54, 1.807) is 36.4 Å². The van der Waals surface area contributed by atoms with Crippen molar-refractivity contribution in [1.82, 2.24) is 4.31 Å². The molecule has 10 heteroatoms. The predicted octanol–water partition coefficient (Wildman–Crippen LogP) is 3.44. The summed E-state index contributed by atoms with van der Waals surface area (Å²) in [5, 5.41) is 14.5. The average Bonchev–Trinajstić information content (AvgIpc) is 3.52. The highest BCUT2D eigenvalue weighted by atomic mass is 79.9. The highest BCUT2D eigenvalue weighted by molar-refractivity contribution is 9.10. The smallest absolute Gasteiger partial charge is 0.292 e. The second-order valence-corrected chi connectivity index (χ2v) is 10.1. The lowest BCUT2D eigenvalue weighted by molar-refractivity contribution is -0.384. The Morgan fingerprint density at radius 3 is 2.28 bits per heavy atom. The van der Waals surface area contributed by atoms with Crippen LogP contribution in [0, 0.1) is 10.1 Å². The van der Waals surface area contributed by atoms with Crippen molar-refractivity contribution >= 4 is 43.0 Å². The molecule has 2 fully saturated rings. The minimum absolute atomic E-state index is 0.0668. The quantitative estimate of drug-likeness (QED) is 0.502. The molecule has 1 N–H and O–H groups in total. The summed E-state index contributed by atoms with van der Waals surface area (Å²) in [4.78, 5) is 13.3. The van der Waals surface area contributed by atoms with Gasteiger partial charge >= 0.3 is 0 Å². The Bertz CT molecular complexity index is 1020. The normalized spacial score (nSPS) is 17.9. The van der Waals surface area contributed by atoms with Gasteiger partial charge in [-0.1, -0.05) is 15.9 Å². The number of halogens is 1. The third kappa shape index (κ3) is 4.39. The van der Waals surface area contributed by atoms with E-state index in [0.29, 0.717) is 37.9 Å². The lowest BCUT2D eigenvalue weighted by Crippen LogP contribution is -2.48. The number of anilines is 2. The van der Waals surface area contributed by atoms with Gasteiger partial charge in [0.1, 0.15) is 5.69 Å². The molecule has 1 aliphatic carbocycles. The van der Waals surface area contributed by atoms with Gasteiger partial charge in [-0.2, -0.15) is 4.31 Å². The van der Waals surface area contributed by atoms with E-state index in [4.69, 9.17) is 0 Å². The summed E-state index contributed by atoms with van der Waals surface area (Å²) in [6.07, 6.45) is 2.04. The number of rotatable bonds is 6. The zero-order valence-electron chi connectivity index (χ0n) is 15.6. The van der Waals surface area contributed by atoms with Crippen molar-refractivity contribution in [3.05, 3.63) is 57.1 Å². The van der Waals surface area contributed by atoms with Gasteiger partial charge < -0.3 is 10.2 Å². The van der Waals surface area contributed by atoms with Crippen molar-refractivity contribution in [2.24, 2.45) is 0 Å². The standard InChI is InChI=1S/C19H21BrN4O4S/c20-14-1-6-17(7-2-14)29(27,28)23-11-9-22(10-12-23)16-5-8-19(24(25)26)18(13-16)21-15-3-4-15/h1-2,5-8,13,15,21H,3-4,9-12H2. The Morgan fingerprint density at radius 1 is 1.03 bits per heavy atom. The third-order valence-electron chi connectivity index (χ3n) is 5.17. The summed E-state index contributed by atoms with van der Waals surface area (Å²) in [5.74, 6) is 0. The van der Waals surface area contributed by atoms with Crippen LogP contribution in [0.4, 0.5) is 17.1 Å². The molecule has 0 unspecified atom stereocenters. The van der Waals surface area contributed by atoms with E-state index in [9.17, 15) is 18.5 Å². The Balaban J connectivity index is 1.48. The van der Waals surface area contributed by atoms with Gasteiger partial charge in [0.05, 0.1) is 9.82 Å². The van der Waals surface area contributed by atoms with E-state index < -0.39 is 10.0 Å². The van der Waals surface area contributed by atoms with E-state index in [1.165, 1.54) is 10.4 Å². The molecular weight excluding hydrogens is 460 g/mol. The lowest BCUT2D eigenvalue weighted by atomic mass is 10.2. The van der Waals surface area contributed by atoms with Crippen LogP contribution in [0.1, 0.15) is 12.8 Å². The molecule has 1 aliphatic heterocycles. The number of sulfonamides is 1. The topological polar surface area (TPSA) is 95.8 Å². The van der Waals surface area contributed by atoms with Crippen molar-refractivity contribution in [3.8, 4) is 0 Å². The van der Waals surface area contributed by atoms with E-state index in [1.807, 2.05) is 0 Å². The minimum atomic E-state index is -3.53. The van der Waals surface area contributed by atoms with Gasteiger partial charge in [-0.3, -0.25) is 10.1 Å². The summed E-state index contributed by atoms with van der Waals surface area (Å²) in [7, 11) is -3.53. The van der Waals surface area contributed by atoms with Crippen molar-refractivity contribution in [3.63, 3.8) is 0 Å². The van der Waals surface area contributed by atoms with Gasteiger partial charge in [-0.05, 0) is 49.2 Å². The van der Waals surface area contributed by atoms with E-state index in [2.05, 4.69) is 26.1 Å². The van der Waals surface area contributed by atoms with Crippen molar-refractivity contribution in [2.75, 3.05) is 36.4 Å². The molecule has 8 nitrogen and oxygen atoms in total. The molecule has 0 atom stereocenters. The van der Waals surface area contributed by atoms with Gasteiger partial charge in [-0.25, -0.2) is 8.42 Å². The zero-order chi connectivity index (χ0) is 20.6. The molecule has 29 heavy (non-hydrogen) atoms. The molecule has 0 aromatic heterocycles. The number of nitrogens with zero attached hydrogens (tertiary/aromatic N) is 3. The maximum atomic E-state index is 12.9. The Kier molecular flexibility index (Phi) is 5.50. The van der Waals surface area contributed by atoms with Crippen LogP contribution in [0.2, 0.25) is 0 Å². The van der Waals surface area contributed by atoms with Crippen molar-refractivity contribution < 1.29 is 13.3 Å². The van der Waals surface area contributed by atoms with E-state index in [-0.39, 0.29) is 15.5 Å². The first-order valence-corrected chi connectivity index (χ1v) is 11.6. The summed E-state index contributed by atoms with van der Waals surface area (Å²) < 4.78 is 28.0. The van der Waals surface area contributed by atoms with Crippen LogP contribution in [0.15, 0.2) is 51.8 Å². The number of nitrogens with one attached hydrogen (secondary N) is 1. The molecule has 1 saturated heterocycles. The SMILES string of the molecule is O=[N+]([O-])c1ccc(N2CCN(S(=O)(=O)c3ccc(Br)cc3)CC2)cc1NC1CC1. The summed E-state index contributed by atoms with van der Waals surface area (Å²) in [6.45, 7) is 1.77. The van der Waals surface area contributed by atoms with Crippen LogP contribution >= 0.6 is 15.9 Å². The van der Waals surface area contributed by atoms with Crippen LogP contribution in [-0.4, -0.2) is 49.9 Å². The highest BCUT2D eigenvalue weighted by Gasteiger charge is 2.30. The van der Waals surface area contributed by atoms with Crippen LogP contribution in [0.5, 0.6) is 0 Å². The van der Waals surface area contributed by atoms with Crippen LogP contribution < -0.4 is 10.2 Å². The van der Waals surface area contributed by atoms with E-state index in [0.717, 1.165) is 23.0 Å². The first kappa shape index (κ1) is 20.1. The Hall–Kier alpha value is -2.17. The van der Waals surface area contributed by atoms with Gasteiger partial charge in [0, 0.05) is 48.4 Å². The summed E-state index contributed by atoms with van der Waals surface area (Å²) in [5.41, 5.74) is 1.46. The van der Waals surface area contributed by atoms with E-state index >= 15 is 0 Å². The second-order valence-electron chi connectivity index (χ2n) is 7.22. The van der Waals surface area contributed by atoms with Gasteiger partial charge in [0.2, 0.25) is 10.0 Å². The first-order valence-electron chi connectivity index (χ1n) is 9.40. The largest absolute Gasteiger partial charge is 0.377 e. The van der Waals surface area contributed by atoms with Gasteiger partial charge in [-0.15, -0.1) is 0 Å². The van der Waals surface area contributed by atoms with Crippen LogP contribution in [-0.2, 0) is 10.0 Å². The highest BCUT2D eigenvalue weighted by Crippen LogP contribution is 2.34. The lowest BCUT2D eigenvalue weighted by Gasteiger charge is -2.35. The number of hydrogen-bond acceptors (Lipinski definition) is 6. The molecule has 0 spiro atoms. The summed E-state index contributed by atoms with van der Waals surface area (Å²) >= 11 is 3.32. The number of nitro benzene ring substituents is 1. The molecule has 4 rings (SSSR count). The van der Waals surface area contributed by atoms with Crippen molar-refractivity contribution in [1.29, 1.82) is 0 Å². The molecule has 0 radical (unpaired) electrons. The predicted molar refractivity (Wildman–Crippen MR) is 115 cm³/mol. The second kappa shape index (κ2) is 7.92. The Labute approximate surface area is 177 Å². The third-order valence-corrected chi connectivity index (χ3v) is 7.61. The first-order chi connectivity index (χ1) is 13.8. The number of hydrogen-bond donors (Lipinski definition) is 1. The van der Waals surface area contributed by atoms with Crippen molar-refractivity contribution in [2.45, 2.75) is 23.8 Å². The monoisotopic (exact) mass is 480 g/mol. The fourth-order valence-corrected chi connectivity index (χ4v) is 5.07. The van der Waals surface area contributed by atoms with Gasteiger partial charge in [0.15, 0.2) is 0 Å². The fourth-order valence-electron chi connectivity index (χ4n) is 3.39. The fraction of sp³-hybridized carbons (Fsp3) is 0.368. The van der Waals surface area contributed by atoms with Crippen LogP contribution in [0.25, 0.3) is 0 Å². The molecule has 1 saturated carbocycles. The summed E-state index contributed by atoms with van der Waals surface area (Å²) in [6, 6.07) is 12.0. The average molecular weight is 481 g/mol. The maximum absolute atomic E-state index is 12.9. The molecule has 2 aliphatic rings. The molecule has 2 aromatic carbocycles. The zero-order valence-corrected chi connectivity index (χ0v) is 18.0. The molecule has 1 heterocycles. The number of benzene rings is 2. The molecule has 0 amide bonds. The molecule has 0 bridgehead atoms. The van der Waals surface area contributed by atoms with Crippen LogP contribution in [0.3, 0.4) is 0 Å². The Morgan fingerprint density at radius 2 is 1.69 bits per heavy atom. The molecule has 2 aromatic rings. The van der Waals surface area contributed by atoms with Gasteiger partial charge in [0.25, 0.3) is 5.69 Å². The maximum Gasteiger partial charge on any atom is 0.292 e. The number of nitro groups is 1. The molecule has 154 valence electrons. The molecular formula is C19H21BrN4O4S.